The topological polar surface area (TPSA) is 66.8 Å². The van der Waals surface area contributed by atoms with Crippen molar-refractivity contribution in [2.24, 2.45) is 5.92 Å². The molecule has 3 aromatic heterocycles. The number of furan rings is 1. The van der Waals surface area contributed by atoms with Crippen molar-refractivity contribution in [3.63, 3.8) is 0 Å². The molecule has 5 rings (SSSR count). The molecule has 1 aliphatic rings. The van der Waals surface area contributed by atoms with Crippen molar-refractivity contribution in [1.82, 2.24) is 19.5 Å². The van der Waals surface area contributed by atoms with Gasteiger partial charge in [0.2, 0.25) is 16.7 Å². The van der Waals surface area contributed by atoms with Gasteiger partial charge in [-0.3, -0.25) is 4.90 Å². The number of fused-ring (bicyclic) bond motifs is 1. The molecule has 0 radical (unpaired) electrons. The average Bonchev–Trinajstić information content (AvgIpc) is 3.43. The first-order valence-electron chi connectivity index (χ1n) is 9.72. The number of likely N-dealkylation sites (tertiary alicyclic amines) is 1. The molecule has 0 saturated carbocycles. The van der Waals surface area contributed by atoms with E-state index in [4.69, 9.17) is 4.42 Å². The van der Waals surface area contributed by atoms with Gasteiger partial charge in [0.15, 0.2) is 5.76 Å². The summed E-state index contributed by atoms with van der Waals surface area (Å²) in [4.78, 5) is 8.25. The first kappa shape index (κ1) is 18.3. The minimum Gasteiger partial charge on any atom is -0.492 e. The van der Waals surface area contributed by atoms with E-state index < -0.39 is 0 Å². The van der Waals surface area contributed by atoms with Crippen LogP contribution in [0.2, 0.25) is 0 Å². The number of piperidine rings is 1. The van der Waals surface area contributed by atoms with Crippen LogP contribution < -0.4 is 0 Å². The molecule has 6 nitrogen and oxygen atoms in total. The van der Waals surface area contributed by atoms with E-state index in [-0.39, 0.29) is 17.7 Å². The average molecular weight is 412 g/mol. The number of aromatic nitrogens is 3. The molecule has 2 atom stereocenters. The van der Waals surface area contributed by atoms with Crippen LogP contribution in [0.25, 0.3) is 16.5 Å². The molecule has 1 aromatic carbocycles. The molecule has 4 aromatic rings. The lowest BCUT2D eigenvalue weighted by atomic mass is 9.95. The first-order chi connectivity index (χ1) is 14.1. The number of halogens is 1. The van der Waals surface area contributed by atoms with Crippen molar-refractivity contribution in [2.45, 2.75) is 25.8 Å². The fourth-order valence-corrected chi connectivity index (χ4v) is 5.19. The summed E-state index contributed by atoms with van der Waals surface area (Å²) in [6, 6.07) is 9.92. The zero-order chi connectivity index (χ0) is 20.0. The maximum absolute atomic E-state index is 13.5. The van der Waals surface area contributed by atoms with Crippen LogP contribution in [0.1, 0.15) is 36.2 Å². The lowest BCUT2D eigenvalue weighted by molar-refractivity contribution is 0.149. The summed E-state index contributed by atoms with van der Waals surface area (Å²) < 4.78 is 20.4. The molecule has 1 saturated heterocycles. The highest BCUT2D eigenvalue weighted by molar-refractivity contribution is 7.17. The van der Waals surface area contributed by atoms with Crippen molar-refractivity contribution in [3.8, 4) is 17.5 Å². The van der Waals surface area contributed by atoms with E-state index in [1.54, 1.807) is 30.5 Å². The van der Waals surface area contributed by atoms with Crippen molar-refractivity contribution in [2.75, 3.05) is 13.1 Å². The molecule has 0 bridgehead atoms. The molecule has 2 unspecified atom stereocenters. The molecule has 1 aliphatic heterocycles. The predicted molar refractivity (Wildman–Crippen MR) is 108 cm³/mol. The van der Waals surface area contributed by atoms with Gasteiger partial charge in [0, 0.05) is 6.54 Å². The van der Waals surface area contributed by atoms with Crippen LogP contribution >= 0.6 is 11.3 Å². The highest BCUT2D eigenvalue weighted by Gasteiger charge is 2.32. The van der Waals surface area contributed by atoms with Crippen LogP contribution in [0.5, 0.6) is 5.88 Å². The van der Waals surface area contributed by atoms with Gasteiger partial charge in [-0.2, -0.15) is 9.50 Å². The number of thiazole rings is 1. The van der Waals surface area contributed by atoms with Gasteiger partial charge in [-0.25, -0.2) is 4.39 Å². The standard InChI is InChI=1S/C21H21FN4O2S/c1-13-4-2-10-25(12-13)17(14-6-8-15(22)9-7-14)18-20(27)26-21(29-18)23-19(24-26)16-5-3-11-28-16/h3,5-9,11,13,17,27H,2,4,10,12H2,1H3. The number of aromatic hydroxyl groups is 1. The van der Waals surface area contributed by atoms with Crippen LogP contribution in [0, 0.1) is 11.7 Å². The van der Waals surface area contributed by atoms with E-state index in [1.807, 2.05) is 0 Å². The lowest BCUT2D eigenvalue weighted by Gasteiger charge is -2.37. The Balaban J connectivity index is 1.59. The first-order valence-corrected chi connectivity index (χ1v) is 10.5. The molecule has 0 spiro atoms. The number of benzene rings is 1. The van der Waals surface area contributed by atoms with E-state index in [2.05, 4.69) is 21.9 Å². The Morgan fingerprint density at radius 3 is 2.79 bits per heavy atom. The minimum absolute atomic E-state index is 0.0721. The van der Waals surface area contributed by atoms with Crippen LogP contribution in [-0.4, -0.2) is 37.7 Å². The summed E-state index contributed by atoms with van der Waals surface area (Å²) in [6.45, 7) is 4.09. The van der Waals surface area contributed by atoms with Crippen LogP contribution in [0.15, 0.2) is 47.1 Å². The molecule has 4 heterocycles. The smallest absolute Gasteiger partial charge is 0.230 e. The summed E-state index contributed by atoms with van der Waals surface area (Å²) in [5.41, 5.74) is 0.951. The molecular weight excluding hydrogens is 391 g/mol. The zero-order valence-corrected chi connectivity index (χ0v) is 16.8. The largest absolute Gasteiger partial charge is 0.492 e. The maximum atomic E-state index is 13.5. The van der Waals surface area contributed by atoms with Gasteiger partial charge in [-0.1, -0.05) is 30.4 Å². The summed E-state index contributed by atoms with van der Waals surface area (Å²) in [5.74, 6) is 1.37. The predicted octanol–water partition coefficient (Wildman–Crippen LogP) is 4.72. The second-order valence-corrected chi connectivity index (χ2v) is 8.60. The Bertz CT molecular complexity index is 1120. The number of hydrogen-bond donors (Lipinski definition) is 1. The Morgan fingerprint density at radius 1 is 1.28 bits per heavy atom. The van der Waals surface area contributed by atoms with Crippen molar-refractivity contribution < 1.29 is 13.9 Å². The number of rotatable bonds is 4. The molecular formula is C21H21FN4O2S. The highest BCUT2D eigenvalue weighted by Crippen LogP contribution is 2.41. The van der Waals surface area contributed by atoms with E-state index in [0.29, 0.717) is 22.5 Å². The van der Waals surface area contributed by atoms with Crippen LogP contribution in [-0.2, 0) is 0 Å². The highest BCUT2D eigenvalue weighted by atomic mass is 32.1. The summed E-state index contributed by atoms with van der Waals surface area (Å²) in [5, 5.41) is 15.4. The van der Waals surface area contributed by atoms with Gasteiger partial charge in [0.25, 0.3) is 0 Å². The van der Waals surface area contributed by atoms with Gasteiger partial charge in [-0.05, 0) is 55.1 Å². The third kappa shape index (κ3) is 3.32. The monoisotopic (exact) mass is 412 g/mol. The SMILES string of the molecule is CC1CCCN(C(c2ccc(F)cc2)c2sc3nc(-c4ccco4)nn3c2O)C1. The van der Waals surface area contributed by atoms with E-state index in [0.717, 1.165) is 30.0 Å². The molecule has 8 heteroatoms. The summed E-state index contributed by atoms with van der Waals surface area (Å²) in [7, 11) is 0. The molecule has 1 fully saturated rings. The molecule has 29 heavy (non-hydrogen) atoms. The number of hydrogen-bond acceptors (Lipinski definition) is 6. The Hall–Kier alpha value is -2.71. The van der Waals surface area contributed by atoms with Gasteiger partial charge >= 0.3 is 0 Å². The lowest BCUT2D eigenvalue weighted by Crippen LogP contribution is -2.37. The van der Waals surface area contributed by atoms with Crippen molar-refractivity contribution in [1.29, 1.82) is 0 Å². The summed E-state index contributed by atoms with van der Waals surface area (Å²) >= 11 is 1.41. The number of nitrogens with zero attached hydrogens (tertiary/aromatic N) is 4. The molecule has 150 valence electrons. The van der Waals surface area contributed by atoms with E-state index in [1.165, 1.54) is 34.4 Å². The van der Waals surface area contributed by atoms with Crippen LogP contribution in [0.3, 0.4) is 0 Å². The van der Waals surface area contributed by atoms with Gasteiger partial charge < -0.3 is 9.52 Å². The van der Waals surface area contributed by atoms with Gasteiger partial charge in [-0.15, -0.1) is 5.10 Å². The maximum Gasteiger partial charge on any atom is 0.230 e. The minimum atomic E-state index is -0.269. The molecule has 0 aliphatic carbocycles. The molecule has 0 amide bonds. The normalized spacial score (nSPS) is 19.0. The van der Waals surface area contributed by atoms with Gasteiger partial charge in [0.1, 0.15) is 5.82 Å². The fourth-order valence-electron chi connectivity index (χ4n) is 4.07. The van der Waals surface area contributed by atoms with Crippen molar-refractivity contribution in [3.05, 3.63) is 58.9 Å². The van der Waals surface area contributed by atoms with E-state index in [9.17, 15) is 9.50 Å². The second-order valence-electron chi connectivity index (χ2n) is 7.59. The Kier molecular flexibility index (Phi) is 4.60. The molecule has 1 N–H and O–H groups in total. The Morgan fingerprint density at radius 2 is 2.10 bits per heavy atom. The quantitative estimate of drug-likeness (QED) is 0.526. The third-order valence-electron chi connectivity index (χ3n) is 5.43. The van der Waals surface area contributed by atoms with E-state index >= 15 is 0 Å². The van der Waals surface area contributed by atoms with Crippen molar-refractivity contribution >= 4 is 16.3 Å². The van der Waals surface area contributed by atoms with Gasteiger partial charge in [0.05, 0.1) is 17.2 Å². The zero-order valence-electron chi connectivity index (χ0n) is 16.0. The second kappa shape index (κ2) is 7.27. The Labute approximate surface area is 171 Å². The fraction of sp³-hybridized carbons (Fsp3) is 0.333. The van der Waals surface area contributed by atoms with Crippen LogP contribution in [0.4, 0.5) is 4.39 Å². The third-order valence-corrected chi connectivity index (χ3v) is 6.50. The summed E-state index contributed by atoms with van der Waals surface area (Å²) in [6.07, 6.45) is 3.86.